The topological polar surface area (TPSA) is 17.1 Å². The van der Waals surface area contributed by atoms with E-state index < -0.39 is 0 Å². The van der Waals surface area contributed by atoms with E-state index in [2.05, 4.69) is 15.9 Å². The van der Waals surface area contributed by atoms with Crippen molar-refractivity contribution in [2.45, 2.75) is 6.42 Å². The maximum absolute atomic E-state index is 12.0. The quantitative estimate of drug-likeness (QED) is 0.603. The average molecular weight is 385 g/mol. The minimum absolute atomic E-state index is 0.00555. The normalized spacial score (nSPS) is 10.7. The molecule has 94 valence electrons. The van der Waals surface area contributed by atoms with E-state index in [0.717, 1.165) is 10.0 Å². The Kier molecular flexibility index (Phi) is 4.73. The summed E-state index contributed by atoms with van der Waals surface area (Å²) in [5.41, 5.74) is 0.829. The van der Waals surface area contributed by atoms with Crippen molar-refractivity contribution in [3.63, 3.8) is 0 Å². The molecule has 0 atom stereocenters. The maximum Gasteiger partial charge on any atom is 0.177 e. The second-order valence-corrected chi connectivity index (χ2v) is 6.90. The third-order valence-corrected chi connectivity index (χ3v) is 5.52. The van der Waals surface area contributed by atoms with Gasteiger partial charge in [0.05, 0.1) is 14.9 Å². The third-order valence-electron chi connectivity index (χ3n) is 2.27. The first-order valence-electron chi connectivity index (χ1n) is 4.89. The van der Waals surface area contributed by atoms with Gasteiger partial charge in [-0.3, -0.25) is 4.79 Å². The highest BCUT2D eigenvalue weighted by Gasteiger charge is 2.13. The fraction of sp³-hybridized carbons (Fsp3) is 0.0833. The molecule has 0 aliphatic rings. The molecule has 0 unspecified atom stereocenters. The minimum Gasteiger partial charge on any atom is -0.293 e. The lowest BCUT2D eigenvalue weighted by Gasteiger charge is -2.01. The number of halogens is 4. The van der Waals surface area contributed by atoms with Gasteiger partial charge in [0.25, 0.3) is 0 Å². The van der Waals surface area contributed by atoms with Crippen LogP contribution in [0.2, 0.25) is 14.4 Å². The molecule has 0 aliphatic heterocycles. The highest BCUT2D eigenvalue weighted by molar-refractivity contribution is 9.10. The Morgan fingerprint density at radius 3 is 2.44 bits per heavy atom. The summed E-state index contributed by atoms with van der Waals surface area (Å²) in [6, 6.07) is 6.90. The van der Waals surface area contributed by atoms with E-state index >= 15 is 0 Å². The minimum atomic E-state index is 0.00555. The molecule has 1 aromatic heterocycles. The summed E-state index contributed by atoms with van der Waals surface area (Å²) in [5.74, 6) is 0.00555. The Labute approximate surface area is 132 Å². The first kappa shape index (κ1) is 14.4. The SMILES string of the molecule is O=C(Cc1ccc(Cl)c(Cl)c1)c1cc(Br)c(Cl)s1. The van der Waals surface area contributed by atoms with Gasteiger partial charge in [0, 0.05) is 10.9 Å². The Bertz CT molecular complexity index is 590. The number of thiophene rings is 1. The lowest BCUT2D eigenvalue weighted by molar-refractivity contribution is 0.0997. The summed E-state index contributed by atoms with van der Waals surface area (Å²) < 4.78 is 1.32. The molecule has 2 aromatic rings. The van der Waals surface area contributed by atoms with Gasteiger partial charge in [-0.05, 0) is 39.7 Å². The van der Waals surface area contributed by atoms with Gasteiger partial charge in [-0.1, -0.05) is 40.9 Å². The number of carbonyl (C=O) groups is 1. The zero-order valence-corrected chi connectivity index (χ0v) is 13.5. The van der Waals surface area contributed by atoms with Crippen molar-refractivity contribution in [1.82, 2.24) is 0 Å². The van der Waals surface area contributed by atoms with Crippen molar-refractivity contribution in [1.29, 1.82) is 0 Å². The molecule has 6 heteroatoms. The number of hydrogen-bond donors (Lipinski definition) is 0. The van der Waals surface area contributed by atoms with E-state index in [4.69, 9.17) is 34.8 Å². The monoisotopic (exact) mass is 382 g/mol. The van der Waals surface area contributed by atoms with E-state index in [0.29, 0.717) is 19.3 Å². The number of hydrogen-bond acceptors (Lipinski definition) is 2. The van der Waals surface area contributed by atoms with Crippen molar-refractivity contribution in [2.75, 3.05) is 0 Å². The molecule has 0 amide bonds. The van der Waals surface area contributed by atoms with Crippen molar-refractivity contribution in [2.24, 2.45) is 0 Å². The van der Waals surface area contributed by atoms with Crippen LogP contribution in [0.5, 0.6) is 0 Å². The Morgan fingerprint density at radius 2 is 1.89 bits per heavy atom. The van der Waals surface area contributed by atoms with E-state index in [1.54, 1.807) is 24.3 Å². The smallest absolute Gasteiger partial charge is 0.177 e. The van der Waals surface area contributed by atoms with Crippen LogP contribution in [0.15, 0.2) is 28.7 Å². The number of rotatable bonds is 3. The summed E-state index contributed by atoms with van der Waals surface area (Å²) >= 11 is 22.2. The second-order valence-electron chi connectivity index (χ2n) is 3.58. The van der Waals surface area contributed by atoms with Gasteiger partial charge in [0.1, 0.15) is 4.34 Å². The molecule has 2 rings (SSSR count). The van der Waals surface area contributed by atoms with Crippen LogP contribution in [-0.4, -0.2) is 5.78 Å². The fourth-order valence-electron chi connectivity index (χ4n) is 1.41. The van der Waals surface area contributed by atoms with Gasteiger partial charge in [-0.2, -0.15) is 0 Å². The molecule has 0 N–H and O–H groups in total. The fourth-order valence-corrected chi connectivity index (χ4v) is 3.37. The van der Waals surface area contributed by atoms with Crippen LogP contribution in [0.25, 0.3) is 0 Å². The molecule has 0 aliphatic carbocycles. The second kappa shape index (κ2) is 5.93. The Balaban J connectivity index is 2.18. The molecule has 1 heterocycles. The van der Waals surface area contributed by atoms with Gasteiger partial charge in [-0.15, -0.1) is 11.3 Å². The van der Waals surface area contributed by atoms with Gasteiger partial charge in [-0.25, -0.2) is 0 Å². The standard InChI is InChI=1S/C12H6BrCl3OS/c13-7-5-11(18-12(7)16)10(17)4-6-1-2-8(14)9(15)3-6/h1-3,5H,4H2. The van der Waals surface area contributed by atoms with Crippen LogP contribution in [-0.2, 0) is 6.42 Å². The molecule has 1 aromatic carbocycles. The van der Waals surface area contributed by atoms with Crippen LogP contribution in [0.4, 0.5) is 0 Å². The van der Waals surface area contributed by atoms with Gasteiger partial charge in [0.2, 0.25) is 0 Å². The molecular formula is C12H6BrCl3OS. The molecule has 18 heavy (non-hydrogen) atoms. The predicted molar refractivity (Wildman–Crippen MR) is 81.5 cm³/mol. The average Bonchev–Trinajstić information content (AvgIpc) is 2.65. The molecule has 0 bridgehead atoms. The summed E-state index contributed by atoms with van der Waals surface area (Å²) in [4.78, 5) is 12.7. The summed E-state index contributed by atoms with van der Waals surface area (Å²) in [6.45, 7) is 0. The zero-order valence-electron chi connectivity index (χ0n) is 8.84. The van der Waals surface area contributed by atoms with Crippen LogP contribution < -0.4 is 0 Å². The molecule has 0 radical (unpaired) electrons. The number of carbonyl (C=O) groups excluding carboxylic acids is 1. The lowest BCUT2D eigenvalue weighted by Crippen LogP contribution is -2.00. The number of benzene rings is 1. The van der Waals surface area contributed by atoms with E-state index in [1.807, 2.05) is 0 Å². The van der Waals surface area contributed by atoms with Gasteiger partial charge in [0.15, 0.2) is 5.78 Å². The van der Waals surface area contributed by atoms with Crippen LogP contribution >= 0.6 is 62.1 Å². The van der Waals surface area contributed by atoms with Crippen molar-refractivity contribution >= 4 is 67.9 Å². The first-order valence-corrected chi connectivity index (χ1v) is 7.63. The van der Waals surface area contributed by atoms with Gasteiger partial charge < -0.3 is 0 Å². The van der Waals surface area contributed by atoms with Crippen molar-refractivity contribution in [3.05, 3.63) is 53.6 Å². The molecule has 0 saturated carbocycles. The van der Waals surface area contributed by atoms with E-state index in [-0.39, 0.29) is 12.2 Å². The predicted octanol–water partition coefficient (Wildman–Crippen LogP) is 5.90. The molecule has 0 fully saturated rings. The summed E-state index contributed by atoms with van der Waals surface area (Å²) in [5, 5.41) is 0.933. The highest BCUT2D eigenvalue weighted by Crippen LogP contribution is 2.33. The largest absolute Gasteiger partial charge is 0.293 e. The van der Waals surface area contributed by atoms with E-state index in [1.165, 1.54) is 11.3 Å². The Hall–Kier alpha value is -0.0600. The molecule has 0 saturated heterocycles. The number of Topliss-reactive ketones (excluding diaryl/α,β-unsaturated/α-hetero) is 1. The van der Waals surface area contributed by atoms with Gasteiger partial charge >= 0.3 is 0 Å². The number of ketones is 1. The molecule has 0 spiro atoms. The highest BCUT2D eigenvalue weighted by atomic mass is 79.9. The molecule has 1 nitrogen and oxygen atoms in total. The summed E-state index contributed by atoms with van der Waals surface area (Å²) in [6.07, 6.45) is 0.278. The summed E-state index contributed by atoms with van der Waals surface area (Å²) in [7, 11) is 0. The van der Waals surface area contributed by atoms with Crippen LogP contribution in [0, 0.1) is 0 Å². The molecular weight excluding hydrogens is 378 g/mol. The lowest BCUT2D eigenvalue weighted by atomic mass is 10.1. The van der Waals surface area contributed by atoms with E-state index in [9.17, 15) is 4.79 Å². The third kappa shape index (κ3) is 3.28. The van der Waals surface area contributed by atoms with Crippen LogP contribution in [0.1, 0.15) is 15.2 Å². The van der Waals surface area contributed by atoms with Crippen LogP contribution in [0.3, 0.4) is 0 Å². The van der Waals surface area contributed by atoms with Crippen molar-refractivity contribution < 1.29 is 4.79 Å². The maximum atomic E-state index is 12.0. The van der Waals surface area contributed by atoms with Crippen molar-refractivity contribution in [3.8, 4) is 0 Å². The Morgan fingerprint density at radius 1 is 1.17 bits per heavy atom. The first-order chi connectivity index (χ1) is 8.47. The zero-order chi connectivity index (χ0) is 13.3.